The van der Waals surface area contributed by atoms with Gasteiger partial charge in [-0.2, -0.15) is 0 Å². The molecule has 0 radical (unpaired) electrons. The van der Waals surface area contributed by atoms with Gasteiger partial charge in [-0.15, -0.1) is 11.3 Å². The number of rotatable bonds is 7. The molecule has 0 saturated carbocycles. The minimum absolute atomic E-state index is 0.0473. The molecule has 0 aliphatic rings. The number of hydrogen-bond donors (Lipinski definition) is 2. The first-order valence-electron chi connectivity index (χ1n) is 9.56. The van der Waals surface area contributed by atoms with Crippen molar-refractivity contribution in [3.8, 4) is 5.75 Å². The SMILES string of the molecule is COc1ccccc1NC(=O)c1sc(NC(=O)c2ccc(Br)o2)c(C(=O)OC(C)C)c1C. The van der Waals surface area contributed by atoms with Crippen molar-refractivity contribution in [2.75, 3.05) is 17.7 Å². The van der Waals surface area contributed by atoms with Crippen LogP contribution in [0, 0.1) is 6.92 Å². The largest absolute Gasteiger partial charge is 0.495 e. The summed E-state index contributed by atoms with van der Waals surface area (Å²) in [6.07, 6.45) is -0.378. The maximum Gasteiger partial charge on any atom is 0.341 e. The topological polar surface area (TPSA) is 107 Å². The fourth-order valence-corrected chi connectivity index (χ4v) is 4.26. The second-order valence-corrected chi connectivity index (χ2v) is 8.73. The van der Waals surface area contributed by atoms with E-state index in [2.05, 4.69) is 26.6 Å². The normalized spacial score (nSPS) is 10.7. The number of ether oxygens (including phenoxy) is 2. The van der Waals surface area contributed by atoms with Gasteiger partial charge >= 0.3 is 5.97 Å². The van der Waals surface area contributed by atoms with Gasteiger partial charge in [-0.05, 0) is 66.5 Å². The Labute approximate surface area is 197 Å². The van der Waals surface area contributed by atoms with Crippen LogP contribution in [0.5, 0.6) is 5.75 Å². The van der Waals surface area contributed by atoms with E-state index in [0.717, 1.165) is 11.3 Å². The van der Waals surface area contributed by atoms with Gasteiger partial charge in [0.2, 0.25) is 0 Å². The molecule has 0 aliphatic carbocycles. The number of amides is 2. The van der Waals surface area contributed by atoms with Crippen LogP contribution >= 0.6 is 27.3 Å². The van der Waals surface area contributed by atoms with Crippen LogP contribution in [0.15, 0.2) is 45.5 Å². The highest BCUT2D eigenvalue weighted by atomic mass is 79.9. The van der Waals surface area contributed by atoms with Crippen LogP contribution in [0.4, 0.5) is 10.7 Å². The van der Waals surface area contributed by atoms with Crippen molar-refractivity contribution in [3.63, 3.8) is 0 Å². The van der Waals surface area contributed by atoms with Gasteiger partial charge in [0.05, 0.1) is 29.3 Å². The van der Waals surface area contributed by atoms with Crippen LogP contribution in [0.3, 0.4) is 0 Å². The van der Waals surface area contributed by atoms with Crippen LogP contribution in [-0.4, -0.2) is 31.0 Å². The number of halogens is 1. The summed E-state index contributed by atoms with van der Waals surface area (Å²) in [7, 11) is 1.50. The summed E-state index contributed by atoms with van der Waals surface area (Å²) in [5.41, 5.74) is 0.988. The van der Waals surface area contributed by atoms with Crippen molar-refractivity contribution in [1.82, 2.24) is 0 Å². The molecule has 2 amide bonds. The van der Waals surface area contributed by atoms with Gasteiger partial charge in [0.15, 0.2) is 10.4 Å². The molecule has 0 saturated heterocycles. The molecule has 0 atom stereocenters. The summed E-state index contributed by atoms with van der Waals surface area (Å²) in [6.45, 7) is 5.06. The molecule has 168 valence electrons. The van der Waals surface area contributed by atoms with Gasteiger partial charge < -0.3 is 24.5 Å². The molecule has 1 aromatic carbocycles. The van der Waals surface area contributed by atoms with E-state index in [1.165, 1.54) is 13.2 Å². The first-order valence-corrected chi connectivity index (χ1v) is 11.2. The third-order valence-corrected chi connectivity index (χ3v) is 5.91. The lowest BCUT2D eigenvalue weighted by atomic mass is 10.1. The van der Waals surface area contributed by atoms with E-state index in [0.29, 0.717) is 21.7 Å². The van der Waals surface area contributed by atoms with Crippen molar-refractivity contribution >= 4 is 55.7 Å². The standard InChI is InChI=1S/C22H21BrN2O6S/c1-11(2)30-22(28)17-12(3)18(20(27)24-13-7-5-6-8-14(13)29-4)32-21(17)25-19(26)15-9-10-16(23)31-15/h5-11H,1-4H3,(H,24,27)(H,25,26). The lowest BCUT2D eigenvalue weighted by Crippen LogP contribution is -2.17. The van der Waals surface area contributed by atoms with Crippen LogP contribution < -0.4 is 15.4 Å². The van der Waals surface area contributed by atoms with E-state index in [1.54, 1.807) is 51.1 Å². The van der Waals surface area contributed by atoms with Gasteiger partial charge in [0.1, 0.15) is 10.8 Å². The van der Waals surface area contributed by atoms with Crippen LogP contribution in [-0.2, 0) is 4.74 Å². The quantitative estimate of drug-likeness (QED) is 0.399. The fraction of sp³-hybridized carbons (Fsp3) is 0.227. The summed E-state index contributed by atoms with van der Waals surface area (Å²) in [6, 6.07) is 10.0. The fourth-order valence-electron chi connectivity index (χ4n) is 2.86. The zero-order valence-electron chi connectivity index (χ0n) is 17.8. The Morgan fingerprint density at radius 1 is 1.06 bits per heavy atom. The lowest BCUT2D eigenvalue weighted by molar-refractivity contribution is 0.0379. The number of carbonyl (C=O) groups excluding carboxylic acids is 3. The van der Waals surface area contributed by atoms with Crippen molar-refractivity contribution in [2.45, 2.75) is 26.9 Å². The highest BCUT2D eigenvalue weighted by Crippen LogP contribution is 2.35. The van der Waals surface area contributed by atoms with E-state index in [9.17, 15) is 14.4 Å². The zero-order valence-corrected chi connectivity index (χ0v) is 20.2. The number of thiophene rings is 1. The van der Waals surface area contributed by atoms with E-state index in [4.69, 9.17) is 13.9 Å². The molecular weight excluding hydrogens is 500 g/mol. The second kappa shape index (κ2) is 10.0. The first-order chi connectivity index (χ1) is 15.2. The monoisotopic (exact) mass is 520 g/mol. The molecule has 32 heavy (non-hydrogen) atoms. The third-order valence-electron chi connectivity index (χ3n) is 4.28. The molecule has 0 aliphatic heterocycles. The Morgan fingerprint density at radius 3 is 2.41 bits per heavy atom. The molecule has 3 aromatic rings. The van der Waals surface area contributed by atoms with E-state index >= 15 is 0 Å². The Bertz CT molecular complexity index is 1170. The summed E-state index contributed by atoms with van der Waals surface area (Å²) >= 11 is 4.12. The summed E-state index contributed by atoms with van der Waals surface area (Å²) in [5.74, 6) is -1.11. The van der Waals surface area contributed by atoms with Gasteiger partial charge in [0.25, 0.3) is 11.8 Å². The third kappa shape index (κ3) is 5.20. The van der Waals surface area contributed by atoms with E-state index in [1.807, 2.05) is 0 Å². The van der Waals surface area contributed by atoms with Gasteiger partial charge in [-0.25, -0.2) is 4.79 Å². The average molecular weight is 521 g/mol. The summed E-state index contributed by atoms with van der Waals surface area (Å²) < 4.78 is 16.3. The molecule has 0 spiro atoms. The highest BCUT2D eigenvalue weighted by Gasteiger charge is 2.28. The Hall–Kier alpha value is -3.11. The molecule has 0 unspecified atom stereocenters. The Morgan fingerprint density at radius 2 is 1.78 bits per heavy atom. The minimum atomic E-state index is -0.638. The number of nitrogens with one attached hydrogen (secondary N) is 2. The van der Waals surface area contributed by atoms with Gasteiger partial charge in [-0.3, -0.25) is 9.59 Å². The summed E-state index contributed by atoms with van der Waals surface area (Å²) in [4.78, 5) is 38.6. The molecule has 0 fully saturated rings. The molecule has 0 bridgehead atoms. The predicted octanol–water partition coefficient (Wildman–Crippen LogP) is 5.49. The number of methoxy groups -OCH3 is 1. The number of furan rings is 1. The number of esters is 1. The van der Waals surface area contributed by atoms with Crippen LogP contribution in [0.1, 0.15) is 50.0 Å². The van der Waals surface area contributed by atoms with Gasteiger partial charge in [-0.1, -0.05) is 12.1 Å². The number of anilines is 2. The minimum Gasteiger partial charge on any atom is -0.495 e. The zero-order chi connectivity index (χ0) is 23.4. The molecule has 3 rings (SSSR count). The molecule has 2 N–H and O–H groups in total. The van der Waals surface area contributed by atoms with Crippen molar-refractivity contribution in [1.29, 1.82) is 0 Å². The Kier molecular flexibility index (Phi) is 7.37. The van der Waals surface area contributed by atoms with Crippen molar-refractivity contribution < 1.29 is 28.3 Å². The molecular formula is C22H21BrN2O6S. The predicted molar refractivity (Wildman–Crippen MR) is 125 cm³/mol. The number of para-hydroxylation sites is 2. The smallest absolute Gasteiger partial charge is 0.341 e. The molecule has 2 aromatic heterocycles. The first kappa shape index (κ1) is 23.6. The second-order valence-electron chi connectivity index (χ2n) is 6.93. The van der Waals surface area contributed by atoms with E-state index in [-0.39, 0.29) is 27.3 Å². The van der Waals surface area contributed by atoms with Gasteiger partial charge in [0, 0.05) is 0 Å². The molecule has 8 nitrogen and oxygen atoms in total. The average Bonchev–Trinajstić information content (AvgIpc) is 3.31. The van der Waals surface area contributed by atoms with Crippen molar-refractivity contribution in [3.05, 3.63) is 62.8 Å². The summed E-state index contributed by atoms with van der Waals surface area (Å²) in [5, 5.41) is 5.63. The Balaban J connectivity index is 1.96. The molecule has 10 heteroatoms. The maximum absolute atomic E-state index is 13.0. The molecule has 2 heterocycles. The maximum atomic E-state index is 13.0. The van der Waals surface area contributed by atoms with Crippen LogP contribution in [0.2, 0.25) is 0 Å². The highest BCUT2D eigenvalue weighted by molar-refractivity contribution is 9.10. The van der Waals surface area contributed by atoms with Crippen molar-refractivity contribution in [2.24, 2.45) is 0 Å². The number of carbonyl (C=O) groups is 3. The van der Waals surface area contributed by atoms with E-state index < -0.39 is 17.8 Å². The number of benzene rings is 1. The lowest BCUT2D eigenvalue weighted by Gasteiger charge is -2.10. The number of hydrogen-bond acceptors (Lipinski definition) is 7. The van der Waals surface area contributed by atoms with Crippen LogP contribution in [0.25, 0.3) is 0 Å².